The van der Waals surface area contributed by atoms with Gasteiger partial charge in [-0.05, 0) is 28.9 Å². The van der Waals surface area contributed by atoms with E-state index in [1.807, 2.05) is 13.0 Å². The Bertz CT molecular complexity index is 412. The highest BCUT2D eigenvalue weighted by molar-refractivity contribution is 9.10. The van der Waals surface area contributed by atoms with E-state index in [-0.39, 0.29) is 6.04 Å². The third-order valence-corrected chi connectivity index (χ3v) is 2.72. The lowest BCUT2D eigenvalue weighted by molar-refractivity contribution is 0.451. The van der Waals surface area contributed by atoms with Crippen LogP contribution in [0.4, 0.5) is 0 Å². The second-order valence-electron chi connectivity index (χ2n) is 3.06. The molecule has 2 aromatic heterocycles. The highest BCUT2D eigenvalue weighted by Gasteiger charge is 2.11. The first kappa shape index (κ1) is 10.3. The minimum absolute atomic E-state index is 0.0285. The number of rotatable bonds is 4. The molecule has 0 aliphatic rings. The fourth-order valence-corrected chi connectivity index (χ4v) is 1.48. The van der Waals surface area contributed by atoms with E-state index in [9.17, 15) is 0 Å². The summed E-state index contributed by atoms with van der Waals surface area (Å²) in [5.74, 6) is 1.49. The van der Waals surface area contributed by atoms with Gasteiger partial charge in [0.2, 0.25) is 0 Å². The summed E-state index contributed by atoms with van der Waals surface area (Å²) in [4.78, 5) is 0. The van der Waals surface area contributed by atoms with Crippen molar-refractivity contribution in [2.45, 2.75) is 19.5 Å². The number of hydrogen-bond donors (Lipinski definition) is 2. The molecule has 1 atom stereocenters. The molecule has 0 saturated heterocycles. The number of H-pyrrole nitrogens is 1. The lowest BCUT2D eigenvalue weighted by Crippen LogP contribution is -2.19. The highest BCUT2D eigenvalue weighted by Crippen LogP contribution is 2.18. The summed E-state index contributed by atoms with van der Waals surface area (Å²) in [6, 6.07) is 1.89. The molecule has 0 aliphatic carbocycles. The first-order valence-electron chi connectivity index (χ1n) is 4.46. The van der Waals surface area contributed by atoms with Crippen molar-refractivity contribution < 1.29 is 4.42 Å². The van der Waals surface area contributed by atoms with E-state index >= 15 is 0 Å². The lowest BCUT2D eigenvalue weighted by Gasteiger charge is -2.07. The highest BCUT2D eigenvalue weighted by atomic mass is 79.9. The van der Waals surface area contributed by atoms with Crippen LogP contribution in [0.25, 0.3) is 0 Å². The summed E-state index contributed by atoms with van der Waals surface area (Å²) in [5, 5.41) is 16.9. The van der Waals surface area contributed by atoms with Gasteiger partial charge in [0.05, 0.1) is 23.3 Å². The van der Waals surface area contributed by atoms with Crippen LogP contribution >= 0.6 is 15.9 Å². The Hall–Kier alpha value is -1.21. The summed E-state index contributed by atoms with van der Waals surface area (Å²) in [7, 11) is 0. The monoisotopic (exact) mass is 271 g/mol. The molecule has 0 saturated carbocycles. The first-order chi connectivity index (χ1) is 7.27. The number of aromatic nitrogens is 4. The number of nitrogens with one attached hydrogen (secondary N) is 2. The summed E-state index contributed by atoms with van der Waals surface area (Å²) < 4.78 is 6.21. The van der Waals surface area contributed by atoms with Gasteiger partial charge in [-0.1, -0.05) is 5.21 Å². The Kier molecular flexibility index (Phi) is 3.12. The third kappa shape index (κ3) is 2.42. The van der Waals surface area contributed by atoms with E-state index in [4.69, 9.17) is 4.42 Å². The minimum atomic E-state index is 0.0285. The smallest absolute Gasteiger partial charge is 0.191 e. The molecule has 0 fully saturated rings. The van der Waals surface area contributed by atoms with Crippen molar-refractivity contribution >= 4 is 15.9 Å². The van der Waals surface area contributed by atoms with E-state index in [1.54, 1.807) is 6.26 Å². The van der Waals surface area contributed by atoms with E-state index in [2.05, 4.69) is 41.9 Å². The quantitative estimate of drug-likeness (QED) is 0.879. The fraction of sp³-hybridized carbons (Fsp3) is 0.375. The fourth-order valence-electron chi connectivity index (χ4n) is 1.14. The SMILES string of the molecule is CC(NCc1occc1Br)c1nn[nH]n1. The zero-order valence-electron chi connectivity index (χ0n) is 8.07. The molecule has 7 heteroatoms. The average molecular weight is 272 g/mol. The number of tetrazole rings is 1. The standard InChI is InChI=1S/C8H10BrN5O/c1-5(8-11-13-14-12-8)10-4-7-6(9)2-3-15-7/h2-3,5,10H,4H2,1H3,(H,11,12,13,14). The normalized spacial score (nSPS) is 12.9. The predicted octanol–water partition coefficient (Wildman–Crippen LogP) is 1.41. The van der Waals surface area contributed by atoms with Gasteiger partial charge >= 0.3 is 0 Å². The first-order valence-corrected chi connectivity index (χ1v) is 5.25. The Balaban J connectivity index is 1.91. The van der Waals surface area contributed by atoms with Crippen LogP contribution in [0, 0.1) is 0 Å². The molecule has 0 radical (unpaired) electrons. The van der Waals surface area contributed by atoms with Gasteiger partial charge in [-0.15, -0.1) is 10.2 Å². The molecule has 80 valence electrons. The van der Waals surface area contributed by atoms with Crippen molar-refractivity contribution in [1.82, 2.24) is 25.9 Å². The van der Waals surface area contributed by atoms with E-state index in [1.165, 1.54) is 0 Å². The molecule has 0 spiro atoms. The number of halogens is 1. The zero-order valence-corrected chi connectivity index (χ0v) is 9.65. The van der Waals surface area contributed by atoms with Crippen molar-refractivity contribution in [2.75, 3.05) is 0 Å². The van der Waals surface area contributed by atoms with Crippen molar-refractivity contribution in [3.8, 4) is 0 Å². The van der Waals surface area contributed by atoms with Crippen molar-refractivity contribution in [2.24, 2.45) is 0 Å². The minimum Gasteiger partial charge on any atom is -0.467 e. The van der Waals surface area contributed by atoms with Gasteiger partial charge < -0.3 is 9.73 Å². The van der Waals surface area contributed by atoms with Crippen LogP contribution in [0.5, 0.6) is 0 Å². The third-order valence-electron chi connectivity index (χ3n) is 2.01. The van der Waals surface area contributed by atoms with Crippen LogP contribution in [-0.2, 0) is 6.54 Å². The van der Waals surface area contributed by atoms with Gasteiger partial charge in [0.1, 0.15) is 5.76 Å². The van der Waals surface area contributed by atoms with E-state index in [0.717, 1.165) is 10.2 Å². The molecule has 0 amide bonds. The maximum absolute atomic E-state index is 5.26. The predicted molar refractivity (Wildman–Crippen MR) is 55.8 cm³/mol. The Labute approximate surface area is 94.6 Å². The zero-order chi connectivity index (χ0) is 10.7. The number of nitrogens with zero attached hydrogens (tertiary/aromatic N) is 3. The van der Waals surface area contributed by atoms with Gasteiger partial charge in [-0.25, -0.2) is 0 Å². The van der Waals surface area contributed by atoms with Crippen LogP contribution in [0.2, 0.25) is 0 Å². The molecule has 2 rings (SSSR count). The lowest BCUT2D eigenvalue weighted by atomic mass is 10.3. The summed E-state index contributed by atoms with van der Waals surface area (Å²) in [5.41, 5.74) is 0. The molecule has 2 heterocycles. The van der Waals surface area contributed by atoms with Crippen molar-refractivity contribution in [3.63, 3.8) is 0 Å². The molecule has 0 aliphatic heterocycles. The Morgan fingerprint density at radius 2 is 2.53 bits per heavy atom. The number of furan rings is 1. The number of hydrogen-bond acceptors (Lipinski definition) is 5. The maximum atomic E-state index is 5.26. The van der Waals surface area contributed by atoms with Crippen LogP contribution in [0.3, 0.4) is 0 Å². The molecular formula is C8H10BrN5O. The summed E-state index contributed by atoms with van der Waals surface area (Å²) >= 11 is 3.38. The Morgan fingerprint density at radius 3 is 3.13 bits per heavy atom. The molecule has 0 aromatic carbocycles. The Morgan fingerprint density at radius 1 is 1.67 bits per heavy atom. The van der Waals surface area contributed by atoms with Crippen molar-refractivity contribution in [1.29, 1.82) is 0 Å². The molecule has 2 N–H and O–H groups in total. The van der Waals surface area contributed by atoms with Crippen molar-refractivity contribution in [3.05, 3.63) is 28.4 Å². The van der Waals surface area contributed by atoms with Gasteiger partial charge in [0.15, 0.2) is 5.82 Å². The van der Waals surface area contributed by atoms with Crippen LogP contribution in [0.1, 0.15) is 24.6 Å². The van der Waals surface area contributed by atoms with Crippen LogP contribution in [-0.4, -0.2) is 20.6 Å². The van der Waals surface area contributed by atoms with E-state index in [0.29, 0.717) is 12.4 Å². The molecule has 2 aromatic rings. The molecule has 1 unspecified atom stereocenters. The van der Waals surface area contributed by atoms with Gasteiger partial charge in [0, 0.05) is 0 Å². The molecule has 6 nitrogen and oxygen atoms in total. The molecule has 0 bridgehead atoms. The van der Waals surface area contributed by atoms with Crippen LogP contribution in [0.15, 0.2) is 21.2 Å². The summed E-state index contributed by atoms with van der Waals surface area (Å²) in [6.45, 7) is 2.57. The second-order valence-corrected chi connectivity index (χ2v) is 3.92. The van der Waals surface area contributed by atoms with E-state index < -0.39 is 0 Å². The maximum Gasteiger partial charge on any atom is 0.191 e. The average Bonchev–Trinajstić information content (AvgIpc) is 2.85. The molecular weight excluding hydrogens is 262 g/mol. The van der Waals surface area contributed by atoms with Gasteiger partial charge in [-0.2, -0.15) is 5.21 Å². The molecule has 15 heavy (non-hydrogen) atoms. The topological polar surface area (TPSA) is 79.6 Å². The summed E-state index contributed by atoms with van der Waals surface area (Å²) in [6.07, 6.45) is 1.64. The largest absolute Gasteiger partial charge is 0.467 e. The number of aromatic amines is 1. The second kappa shape index (κ2) is 4.54. The van der Waals surface area contributed by atoms with Crippen LogP contribution < -0.4 is 5.32 Å². The van der Waals surface area contributed by atoms with Gasteiger partial charge in [-0.3, -0.25) is 0 Å². The van der Waals surface area contributed by atoms with Gasteiger partial charge in [0.25, 0.3) is 0 Å².